The van der Waals surface area contributed by atoms with Crippen molar-refractivity contribution in [1.82, 2.24) is 0 Å². The van der Waals surface area contributed by atoms with Gasteiger partial charge in [-0.25, -0.2) is 0 Å². The van der Waals surface area contributed by atoms with Crippen LogP contribution in [0.25, 0.3) is 0 Å². The highest BCUT2D eigenvalue weighted by atomic mass is 16.6. The van der Waals surface area contributed by atoms with Gasteiger partial charge >= 0.3 is 5.97 Å². The molecule has 12 heavy (non-hydrogen) atoms. The van der Waals surface area contributed by atoms with Gasteiger partial charge in [0.1, 0.15) is 6.61 Å². The van der Waals surface area contributed by atoms with Crippen LogP contribution in [0.15, 0.2) is 0 Å². The van der Waals surface area contributed by atoms with Crippen molar-refractivity contribution >= 4 is 5.97 Å². The molecular formula is C8H17NO3. The minimum Gasteiger partial charge on any atom is -0.462 e. The number of ether oxygens (including phenoxy) is 2. The van der Waals surface area contributed by atoms with E-state index >= 15 is 0 Å². The normalized spacial score (nSPS) is 11.3. The predicted octanol–water partition coefficient (Wildman–Crippen LogP) is 0.303. The number of esters is 1. The minimum atomic E-state index is -0.396. The molecule has 0 aliphatic heterocycles. The number of rotatable bonds is 4. The first-order chi connectivity index (χ1) is 5.45. The van der Waals surface area contributed by atoms with Gasteiger partial charge in [-0.05, 0) is 20.8 Å². The van der Waals surface area contributed by atoms with Crippen LogP contribution in [0.5, 0.6) is 0 Å². The summed E-state index contributed by atoms with van der Waals surface area (Å²) >= 11 is 0. The summed E-state index contributed by atoms with van der Waals surface area (Å²) in [4.78, 5) is 10.5. The van der Waals surface area contributed by atoms with E-state index in [0.29, 0.717) is 6.61 Å². The van der Waals surface area contributed by atoms with Crippen LogP contribution in [-0.2, 0) is 14.3 Å². The van der Waals surface area contributed by atoms with Crippen LogP contribution < -0.4 is 5.73 Å². The summed E-state index contributed by atoms with van der Waals surface area (Å²) in [6, 6.07) is 0. The predicted molar refractivity (Wildman–Crippen MR) is 45.7 cm³/mol. The largest absolute Gasteiger partial charge is 0.462 e. The molecule has 0 rings (SSSR count). The van der Waals surface area contributed by atoms with Gasteiger partial charge < -0.3 is 15.2 Å². The summed E-state index contributed by atoms with van der Waals surface area (Å²) in [5, 5.41) is 0. The molecule has 4 nitrogen and oxygen atoms in total. The van der Waals surface area contributed by atoms with Crippen molar-refractivity contribution in [3.63, 3.8) is 0 Å². The lowest BCUT2D eigenvalue weighted by molar-refractivity contribution is -0.145. The number of carbonyl (C=O) groups is 1. The molecule has 0 aromatic carbocycles. The van der Waals surface area contributed by atoms with Crippen molar-refractivity contribution in [3.8, 4) is 0 Å². The Morgan fingerprint density at radius 2 is 1.92 bits per heavy atom. The second-order valence-electron chi connectivity index (χ2n) is 3.39. The molecule has 0 aliphatic carbocycles. The Labute approximate surface area is 73.0 Å². The highest BCUT2D eigenvalue weighted by Crippen LogP contribution is 2.05. The third-order valence-electron chi connectivity index (χ3n) is 1.05. The van der Waals surface area contributed by atoms with E-state index in [0.717, 1.165) is 0 Å². The van der Waals surface area contributed by atoms with Crippen LogP contribution in [0.3, 0.4) is 0 Å². The maximum Gasteiger partial charge on any atom is 0.319 e. The van der Waals surface area contributed by atoms with E-state index < -0.39 is 5.97 Å². The van der Waals surface area contributed by atoms with Gasteiger partial charge in [0.2, 0.25) is 0 Å². The second kappa shape index (κ2) is 5.11. The molecule has 72 valence electrons. The average molecular weight is 175 g/mol. The quantitative estimate of drug-likeness (QED) is 0.493. The molecule has 0 heterocycles. The van der Waals surface area contributed by atoms with Gasteiger partial charge in [0, 0.05) is 0 Å². The van der Waals surface area contributed by atoms with Crippen molar-refractivity contribution in [3.05, 3.63) is 0 Å². The molecule has 0 spiro atoms. The molecular weight excluding hydrogens is 158 g/mol. The summed E-state index contributed by atoms with van der Waals surface area (Å²) in [6.45, 7) is 6.44. The van der Waals surface area contributed by atoms with Crippen LogP contribution in [0, 0.1) is 0 Å². The zero-order valence-corrected chi connectivity index (χ0v) is 7.92. The van der Waals surface area contributed by atoms with Gasteiger partial charge in [-0.2, -0.15) is 0 Å². The Balaban J connectivity index is 3.28. The lowest BCUT2D eigenvalue weighted by Crippen LogP contribution is -2.24. The Hall–Kier alpha value is -0.610. The highest BCUT2D eigenvalue weighted by Gasteiger charge is 2.09. The standard InChI is InChI=1S/C8H17NO3/c1-8(2,3)12-5-4-11-7(10)6-9/h4-6,9H2,1-3H3. The molecule has 0 bridgehead atoms. The third kappa shape index (κ3) is 7.50. The van der Waals surface area contributed by atoms with Gasteiger partial charge in [-0.1, -0.05) is 0 Å². The molecule has 0 aliphatic rings. The monoisotopic (exact) mass is 175 g/mol. The van der Waals surface area contributed by atoms with E-state index in [1.165, 1.54) is 0 Å². The first-order valence-corrected chi connectivity index (χ1v) is 3.95. The van der Waals surface area contributed by atoms with Crippen LogP contribution in [0.1, 0.15) is 20.8 Å². The number of nitrogens with two attached hydrogens (primary N) is 1. The maximum atomic E-state index is 10.5. The fourth-order valence-corrected chi connectivity index (χ4v) is 0.562. The van der Waals surface area contributed by atoms with Crippen molar-refractivity contribution < 1.29 is 14.3 Å². The van der Waals surface area contributed by atoms with E-state index in [4.69, 9.17) is 15.2 Å². The molecule has 0 saturated carbocycles. The molecule has 0 unspecified atom stereocenters. The average Bonchev–Trinajstić information content (AvgIpc) is 1.96. The molecule has 0 aromatic heterocycles. The molecule has 0 saturated heterocycles. The van der Waals surface area contributed by atoms with Crippen LogP contribution in [0.4, 0.5) is 0 Å². The highest BCUT2D eigenvalue weighted by molar-refractivity contribution is 5.71. The Morgan fingerprint density at radius 3 is 2.33 bits per heavy atom. The third-order valence-corrected chi connectivity index (χ3v) is 1.05. The van der Waals surface area contributed by atoms with E-state index in [-0.39, 0.29) is 18.8 Å². The van der Waals surface area contributed by atoms with Crippen LogP contribution in [0.2, 0.25) is 0 Å². The van der Waals surface area contributed by atoms with Crippen molar-refractivity contribution in [1.29, 1.82) is 0 Å². The van der Waals surface area contributed by atoms with E-state index in [9.17, 15) is 4.79 Å². The molecule has 0 aromatic rings. The zero-order valence-electron chi connectivity index (χ0n) is 7.92. The van der Waals surface area contributed by atoms with E-state index in [2.05, 4.69) is 0 Å². The van der Waals surface area contributed by atoms with Crippen molar-refractivity contribution in [2.75, 3.05) is 19.8 Å². The number of carbonyl (C=O) groups excluding carboxylic acids is 1. The molecule has 4 heteroatoms. The van der Waals surface area contributed by atoms with Gasteiger partial charge in [-0.3, -0.25) is 4.79 Å². The summed E-state index contributed by atoms with van der Waals surface area (Å²) < 4.78 is 10.0. The van der Waals surface area contributed by atoms with Crippen molar-refractivity contribution in [2.24, 2.45) is 5.73 Å². The second-order valence-corrected chi connectivity index (χ2v) is 3.39. The van der Waals surface area contributed by atoms with Gasteiger partial charge in [0.05, 0.1) is 18.8 Å². The topological polar surface area (TPSA) is 61.5 Å². The summed E-state index contributed by atoms with van der Waals surface area (Å²) in [7, 11) is 0. The van der Waals surface area contributed by atoms with E-state index in [1.54, 1.807) is 0 Å². The molecule has 0 radical (unpaired) electrons. The van der Waals surface area contributed by atoms with Crippen LogP contribution in [-0.4, -0.2) is 31.3 Å². The van der Waals surface area contributed by atoms with Gasteiger partial charge in [-0.15, -0.1) is 0 Å². The van der Waals surface area contributed by atoms with Crippen LogP contribution >= 0.6 is 0 Å². The Morgan fingerprint density at radius 1 is 1.33 bits per heavy atom. The smallest absolute Gasteiger partial charge is 0.319 e. The number of hydrogen-bond donors (Lipinski definition) is 1. The number of hydrogen-bond acceptors (Lipinski definition) is 4. The molecule has 0 atom stereocenters. The SMILES string of the molecule is CC(C)(C)OCCOC(=O)CN. The molecule has 0 amide bonds. The van der Waals surface area contributed by atoms with E-state index in [1.807, 2.05) is 20.8 Å². The Bertz CT molecular complexity index is 140. The van der Waals surface area contributed by atoms with Crippen molar-refractivity contribution in [2.45, 2.75) is 26.4 Å². The van der Waals surface area contributed by atoms with Gasteiger partial charge in [0.25, 0.3) is 0 Å². The zero-order chi connectivity index (χ0) is 9.61. The fourth-order valence-electron chi connectivity index (χ4n) is 0.562. The minimum absolute atomic E-state index is 0.0739. The maximum absolute atomic E-state index is 10.5. The fraction of sp³-hybridized carbons (Fsp3) is 0.875. The first-order valence-electron chi connectivity index (χ1n) is 3.95. The summed E-state index contributed by atoms with van der Waals surface area (Å²) in [6.07, 6.45) is 0. The first kappa shape index (κ1) is 11.4. The lowest BCUT2D eigenvalue weighted by atomic mass is 10.2. The molecule has 0 fully saturated rings. The lowest BCUT2D eigenvalue weighted by Gasteiger charge is -2.19. The van der Waals surface area contributed by atoms with Gasteiger partial charge in [0.15, 0.2) is 0 Å². The Kier molecular flexibility index (Phi) is 4.85. The summed E-state index contributed by atoms with van der Waals surface area (Å²) in [5.41, 5.74) is 4.84. The molecule has 2 N–H and O–H groups in total. The summed E-state index contributed by atoms with van der Waals surface area (Å²) in [5.74, 6) is -0.396.